The molecule has 1 aliphatic heterocycles. The van der Waals surface area contributed by atoms with E-state index in [9.17, 15) is 0 Å². The molecule has 1 saturated heterocycles. The minimum Gasteiger partial charge on any atom is -0.369 e. The predicted molar refractivity (Wildman–Crippen MR) is 82.8 cm³/mol. The SMILES string of the molecule is Cc1cccc(N2CCN(C(C)CCN)CC2)c1C. The summed E-state index contributed by atoms with van der Waals surface area (Å²) in [7, 11) is 0. The lowest BCUT2D eigenvalue weighted by Crippen LogP contribution is -2.50. The lowest BCUT2D eigenvalue weighted by atomic mass is 10.1. The Morgan fingerprint density at radius 1 is 1.16 bits per heavy atom. The third-order valence-corrected chi connectivity index (χ3v) is 4.44. The summed E-state index contributed by atoms with van der Waals surface area (Å²) in [5.74, 6) is 0. The van der Waals surface area contributed by atoms with Crippen LogP contribution in [0.2, 0.25) is 0 Å². The van der Waals surface area contributed by atoms with Gasteiger partial charge >= 0.3 is 0 Å². The third-order valence-electron chi connectivity index (χ3n) is 4.44. The van der Waals surface area contributed by atoms with E-state index in [4.69, 9.17) is 5.73 Å². The Labute approximate surface area is 117 Å². The van der Waals surface area contributed by atoms with Crippen LogP contribution in [0.4, 0.5) is 5.69 Å². The van der Waals surface area contributed by atoms with E-state index in [-0.39, 0.29) is 0 Å². The van der Waals surface area contributed by atoms with Crippen LogP contribution in [0.25, 0.3) is 0 Å². The van der Waals surface area contributed by atoms with Gasteiger partial charge in [-0.2, -0.15) is 0 Å². The van der Waals surface area contributed by atoms with Crippen LogP contribution < -0.4 is 10.6 Å². The Kier molecular flexibility index (Phi) is 4.83. The zero-order valence-corrected chi connectivity index (χ0v) is 12.5. The van der Waals surface area contributed by atoms with Crippen LogP contribution >= 0.6 is 0 Å². The molecule has 0 spiro atoms. The van der Waals surface area contributed by atoms with Crippen molar-refractivity contribution in [2.45, 2.75) is 33.2 Å². The van der Waals surface area contributed by atoms with Gasteiger partial charge in [-0.1, -0.05) is 12.1 Å². The lowest BCUT2D eigenvalue weighted by Gasteiger charge is -2.39. The van der Waals surface area contributed by atoms with Crippen LogP contribution in [-0.2, 0) is 0 Å². The maximum absolute atomic E-state index is 5.65. The molecule has 19 heavy (non-hydrogen) atoms. The van der Waals surface area contributed by atoms with Crippen LogP contribution in [0.5, 0.6) is 0 Å². The molecule has 1 unspecified atom stereocenters. The summed E-state index contributed by atoms with van der Waals surface area (Å²) in [6.07, 6.45) is 1.10. The Morgan fingerprint density at radius 3 is 2.47 bits per heavy atom. The molecule has 0 amide bonds. The average Bonchev–Trinajstić information content (AvgIpc) is 2.42. The molecule has 0 bridgehead atoms. The van der Waals surface area contributed by atoms with E-state index in [2.05, 4.69) is 48.8 Å². The molecule has 1 fully saturated rings. The summed E-state index contributed by atoms with van der Waals surface area (Å²) in [4.78, 5) is 5.09. The van der Waals surface area contributed by atoms with Crippen molar-refractivity contribution in [1.29, 1.82) is 0 Å². The molecule has 0 radical (unpaired) electrons. The van der Waals surface area contributed by atoms with Gasteiger partial charge in [0.2, 0.25) is 0 Å². The number of aryl methyl sites for hydroxylation is 1. The molecule has 3 heteroatoms. The van der Waals surface area contributed by atoms with Gasteiger partial charge in [-0.3, -0.25) is 4.90 Å². The number of hydrogen-bond acceptors (Lipinski definition) is 3. The number of rotatable bonds is 4. The van der Waals surface area contributed by atoms with Gasteiger partial charge in [0.1, 0.15) is 0 Å². The summed E-state index contributed by atoms with van der Waals surface area (Å²) in [6.45, 7) is 12.0. The molecule has 1 atom stereocenters. The Balaban J connectivity index is 1.98. The molecule has 2 N–H and O–H groups in total. The van der Waals surface area contributed by atoms with E-state index >= 15 is 0 Å². The maximum atomic E-state index is 5.65. The monoisotopic (exact) mass is 261 g/mol. The molecule has 0 aromatic heterocycles. The van der Waals surface area contributed by atoms with E-state index in [1.807, 2.05) is 0 Å². The minimum absolute atomic E-state index is 0.616. The quantitative estimate of drug-likeness (QED) is 0.901. The second-order valence-corrected chi connectivity index (χ2v) is 5.67. The fourth-order valence-corrected chi connectivity index (χ4v) is 2.91. The minimum atomic E-state index is 0.616. The molecular weight excluding hydrogens is 234 g/mol. The fourth-order valence-electron chi connectivity index (χ4n) is 2.91. The molecule has 1 heterocycles. The van der Waals surface area contributed by atoms with Crippen LogP contribution in [0.1, 0.15) is 24.5 Å². The first-order chi connectivity index (χ1) is 9.13. The van der Waals surface area contributed by atoms with Gasteiger partial charge in [0.15, 0.2) is 0 Å². The lowest BCUT2D eigenvalue weighted by molar-refractivity contribution is 0.190. The summed E-state index contributed by atoms with van der Waals surface area (Å²) in [6, 6.07) is 7.23. The van der Waals surface area contributed by atoms with E-state index in [1.165, 1.54) is 16.8 Å². The smallest absolute Gasteiger partial charge is 0.0399 e. The average molecular weight is 261 g/mol. The predicted octanol–water partition coefficient (Wildman–Crippen LogP) is 2.16. The molecule has 1 aliphatic rings. The second kappa shape index (κ2) is 6.40. The normalized spacial score (nSPS) is 18.6. The van der Waals surface area contributed by atoms with Crippen molar-refractivity contribution in [2.75, 3.05) is 37.6 Å². The fraction of sp³-hybridized carbons (Fsp3) is 0.625. The molecule has 1 aromatic rings. The van der Waals surface area contributed by atoms with Crippen molar-refractivity contribution in [3.05, 3.63) is 29.3 Å². The second-order valence-electron chi connectivity index (χ2n) is 5.67. The zero-order valence-electron chi connectivity index (χ0n) is 12.5. The van der Waals surface area contributed by atoms with Crippen molar-refractivity contribution in [3.8, 4) is 0 Å². The molecular formula is C16H27N3. The number of piperazine rings is 1. The molecule has 3 nitrogen and oxygen atoms in total. The van der Waals surface area contributed by atoms with Gasteiger partial charge in [0, 0.05) is 37.9 Å². The van der Waals surface area contributed by atoms with Gasteiger partial charge in [-0.25, -0.2) is 0 Å². The molecule has 2 rings (SSSR count). The number of benzene rings is 1. The van der Waals surface area contributed by atoms with Crippen LogP contribution in [0.15, 0.2) is 18.2 Å². The number of nitrogens with zero attached hydrogens (tertiary/aromatic N) is 2. The molecule has 0 aliphatic carbocycles. The Hall–Kier alpha value is -1.06. The van der Waals surface area contributed by atoms with Crippen LogP contribution in [0, 0.1) is 13.8 Å². The highest BCUT2D eigenvalue weighted by molar-refractivity contribution is 5.56. The summed E-state index contributed by atoms with van der Waals surface area (Å²) in [5, 5.41) is 0. The zero-order chi connectivity index (χ0) is 13.8. The van der Waals surface area contributed by atoms with Gasteiger partial charge in [-0.05, 0) is 50.9 Å². The summed E-state index contributed by atoms with van der Waals surface area (Å²) in [5.41, 5.74) is 9.87. The highest BCUT2D eigenvalue weighted by Crippen LogP contribution is 2.24. The van der Waals surface area contributed by atoms with Crippen LogP contribution in [-0.4, -0.2) is 43.7 Å². The highest BCUT2D eigenvalue weighted by atomic mass is 15.3. The van der Waals surface area contributed by atoms with E-state index in [1.54, 1.807) is 0 Å². The maximum Gasteiger partial charge on any atom is 0.0399 e. The van der Waals surface area contributed by atoms with E-state index in [0.717, 1.165) is 39.1 Å². The Bertz CT molecular complexity index is 408. The summed E-state index contributed by atoms with van der Waals surface area (Å²) < 4.78 is 0. The third kappa shape index (κ3) is 3.28. The largest absolute Gasteiger partial charge is 0.369 e. The van der Waals surface area contributed by atoms with Gasteiger partial charge < -0.3 is 10.6 Å². The number of hydrogen-bond donors (Lipinski definition) is 1. The molecule has 106 valence electrons. The van der Waals surface area contributed by atoms with Crippen molar-refractivity contribution >= 4 is 5.69 Å². The first-order valence-corrected chi connectivity index (χ1v) is 7.38. The van der Waals surface area contributed by atoms with E-state index in [0.29, 0.717) is 6.04 Å². The van der Waals surface area contributed by atoms with E-state index < -0.39 is 0 Å². The molecule has 1 aromatic carbocycles. The highest BCUT2D eigenvalue weighted by Gasteiger charge is 2.21. The number of nitrogens with two attached hydrogens (primary N) is 1. The summed E-state index contributed by atoms with van der Waals surface area (Å²) >= 11 is 0. The van der Waals surface area contributed by atoms with Gasteiger partial charge in [-0.15, -0.1) is 0 Å². The first kappa shape index (κ1) is 14.4. The topological polar surface area (TPSA) is 32.5 Å². The van der Waals surface area contributed by atoms with Gasteiger partial charge in [0.05, 0.1) is 0 Å². The van der Waals surface area contributed by atoms with Crippen molar-refractivity contribution < 1.29 is 0 Å². The first-order valence-electron chi connectivity index (χ1n) is 7.38. The van der Waals surface area contributed by atoms with Crippen LogP contribution in [0.3, 0.4) is 0 Å². The standard InChI is InChI=1S/C16H27N3/c1-13-5-4-6-16(15(13)3)19-11-9-18(10-12-19)14(2)7-8-17/h4-6,14H,7-12,17H2,1-3H3. The van der Waals surface area contributed by atoms with Crippen molar-refractivity contribution in [1.82, 2.24) is 4.90 Å². The number of anilines is 1. The molecule has 0 saturated carbocycles. The Morgan fingerprint density at radius 2 is 1.84 bits per heavy atom. The van der Waals surface area contributed by atoms with Crippen molar-refractivity contribution in [2.24, 2.45) is 5.73 Å². The van der Waals surface area contributed by atoms with Gasteiger partial charge in [0.25, 0.3) is 0 Å². The van der Waals surface area contributed by atoms with Crippen molar-refractivity contribution in [3.63, 3.8) is 0 Å².